The van der Waals surface area contributed by atoms with E-state index in [-0.39, 0.29) is 0 Å². The number of aryl methyl sites for hydroxylation is 4. The first-order chi connectivity index (χ1) is 13.6. The van der Waals surface area contributed by atoms with Gasteiger partial charge in [-0.2, -0.15) is 24.9 Å². The molecule has 29 heavy (non-hydrogen) atoms. The third-order valence-electron chi connectivity index (χ3n) is 5.05. The first-order valence-corrected chi connectivity index (χ1v) is 11.4. The fourth-order valence-electron chi connectivity index (χ4n) is 3.74. The Morgan fingerprint density at radius 1 is 1.17 bits per heavy atom. The van der Waals surface area contributed by atoms with Crippen LogP contribution in [0.15, 0.2) is 23.4 Å². The molecule has 2 N–H and O–H groups in total. The van der Waals surface area contributed by atoms with E-state index < -0.39 is 5.72 Å². The van der Waals surface area contributed by atoms with Crippen LogP contribution in [0, 0.1) is 27.7 Å². The average Bonchev–Trinajstić information content (AvgIpc) is 3.32. The summed E-state index contributed by atoms with van der Waals surface area (Å²) in [5.74, 6) is 0. The minimum absolute atomic E-state index is 0.305. The van der Waals surface area contributed by atoms with Crippen molar-refractivity contribution < 1.29 is 5.11 Å². The second kappa shape index (κ2) is 8.49. The zero-order valence-electron chi connectivity index (χ0n) is 18.0. The van der Waals surface area contributed by atoms with Gasteiger partial charge in [0.05, 0.1) is 33.5 Å². The summed E-state index contributed by atoms with van der Waals surface area (Å²) >= 11 is 7.11. The van der Waals surface area contributed by atoms with Gasteiger partial charge in [0.2, 0.25) is 0 Å². The Bertz CT molecular complexity index is 897. The van der Waals surface area contributed by atoms with Crippen LogP contribution >= 0.6 is 24.0 Å². The van der Waals surface area contributed by atoms with Crippen molar-refractivity contribution in [2.75, 3.05) is 17.9 Å². The molecule has 0 spiro atoms. The van der Waals surface area contributed by atoms with E-state index in [1.54, 1.807) is 33.4 Å². The topological polar surface area (TPSA) is 71.1 Å². The monoisotopic (exact) mass is 434 g/mol. The lowest BCUT2D eigenvalue weighted by atomic mass is 10.2. The van der Waals surface area contributed by atoms with E-state index in [0.29, 0.717) is 6.54 Å². The molecule has 2 heterocycles. The summed E-state index contributed by atoms with van der Waals surface area (Å²) in [6, 6.07) is 3.97. The lowest BCUT2D eigenvalue weighted by Gasteiger charge is -2.38. The van der Waals surface area contributed by atoms with Crippen LogP contribution in [0.5, 0.6) is 0 Å². The molecule has 2 aromatic heterocycles. The SMILES string of the molecule is CSC(=S)C1=C(NCC(C)(O)N(n2nc(C)cc2C)n2nc(C)cc2C)CCC1. The standard InChI is InChI=1S/C20H30N6OS2/c1-13-10-15(3)24(22-13)26(25-16(4)11-14(2)23-25)20(5,27)12-21-18-9-7-8-17(18)19(28)29-6/h10-11,21,27H,7-9,12H2,1-6H3. The van der Waals surface area contributed by atoms with Gasteiger partial charge in [0.15, 0.2) is 5.72 Å². The fourth-order valence-corrected chi connectivity index (χ4v) is 4.44. The van der Waals surface area contributed by atoms with Gasteiger partial charge in [0.1, 0.15) is 0 Å². The van der Waals surface area contributed by atoms with Crippen molar-refractivity contribution in [3.63, 3.8) is 0 Å². The quantitative estimate of drug-likeness (QED) is 0.512. The van der Waals surface area contributed by atoms with Gasteiger partial charge in [-0.3, -0.25) is 0 Å². The molecule has 0 aliphatic heterocycles. The largest absolute Gasteiger partial charge is 0.383 e. The van der Waals surface area contributed by atoms with Gasteiger partial charge in [-0.05, 0) is 77.8 Å². The predicted molar refractivity (Wildman–Crippen MR) is 123 cm³/mol. The molecule has 0 bridgehead atoms. The number of allylic oxidation sites excluding steroid dienone is 1. The molecule has 9 heteroatoms. The highest BCUT2D eigenvalue weighted by Gasteiger charge is 2.35. The summed E-state index contributed by atoms with van der Waals surface area (Å²) in [5.41, 5.74) is 4.62. The molecule has 0 radical (unpaired) electrons. The molecule has 2 aromatic rings. The summed E-state index contributed by atoms with van der Waals surface area (Å²) < 4.78 is 0.929. The Labute approximate surface area is 182 Å². The van der Waals surface area contributed by atoms with Gasteiger partial charge in [-0.25, -0.2) is 0 Å². The van der Waals surface area contributed by atoms with Crippen molar-refractivity contribution in [2.24, 2.45) is 0 Å². The van der Waals surface area contributed by atoms with Crippen LogP contribution in [0.25, 0.3) is 0 Å². The van der Waals surface area contributed by atoms with Crippen molar-refractivity contribution in [3.05, 3.63) is 46.2 Å². The summed E-state index contributed by atoms with van der Waals surface area (Å²) in [5, 5.41) is 25.9. The average molecular weight is 435 g/mol. The molecule has 3 rings (SSSR count). The van der Waals surface area contributed by atoms with Gasteiger partial charge < -0.3 is 10.4 Å². The number of nitrogens with zero attached hydrogens (tertiary/aromatic N) is 5. The minimum atomic E-state index is -1.30. The van der Waals surface area contributed by atoms with E-state index in [0.717, 1.165) is 51.9 Å². The lowest BCUT2D eigenvalue weighted by Crippen LogP contribution is -2.61. The number of nitrogens with one attached hydrogen (secondary N) is 1. The number of aliphatic hydroxyl groups is 1. The fraction of sp³-hybridized carbons (Fsp3) is 0.550. The van der Waals surface area contributed by atoms with Crippen LogP contribution in [0.1, 0.15) is 49.0 Å². The van der Waals surface area contributed by atoms with Crippen LogP contribution in [0.3, 0.4) is 0 Å². The van der Waals surface area contributed by atoms with Crippen LogP contribution in [0.2, 0.25) is 0 Å². The minimum Gasteiger partial charge on any atom is -0.383 e. The maximum atomic E-state index is 11.6. The molecule has 1 aliphatic rings. The van der Waals surface area contributed by atoms with Crippen molar-refractivity contribution in [2.45, 2.75) is 59.6 Å². The second-order valence-electron chi connectivity index (χ2n) is 7.80. The summed E-state index contributed by atoms with van der Waals surface area (Å²) in [6.07, 6.45) is 5.03. The maximum Gasteiger partial charge on any atom is 0.191 e. The number of aromatic nitrogens is 4. The first kappa shape index (κ1) is 21.9. The van der Waals surface area contributed by atoms with Crippen molar-refractivity contribution in [3.8, 4) is 0 Å². The molecule has 1 unspecified atom stereocenters. The Hall–Kier alpha value is -1.84. The molecular formula is C20H30N6OS2. The van der Waals surface area contributed by atoms with Crippen molar-refractivity contribution in [1.82, 2.24) is 25.1 Å². The Balaban J connectivity index is 1.95. The van der Waals surface area contributed by atoms with E-state index in [1.807, 2.05) is 46.1 Å². The van der Waals surface area contributed by atoms with Crippen LogP contribution < -0.4 is 10.4 Å². The molecule has 1 aliphatic carbocycles. The van der Waals surface area contributed by atoms with Crippen molar-refractivity contribution in [1.29, 1.82) is 0 Å². The second-order valence-corrected chi connectivity index (χ2v) is 9.28. The molecule has 0 amide bonds. The molecule has 1 atom stereocenters. The maximum absolute atomic E-state index is 11.6. The van der Waals surface area contributed by atoms with Crippen LogP contribution in [0.4, 0.5) is 0 Å². The Morgan fingerprint density at radius 3 is 2.17 bits per heavy atom. The van der Waals surface area contributed by atoms with Gasteiger partial charge in [-0.15, -0.1) is 11.8 Å². The molecule has 0 saturated heterocycles. The van der Waals surface area contributed by atoms with Crippen LogP contribution in [-0.4, -0.2) is 47.6 Å². The normalized spacial score (nSPS) is 16.2. The highest BCUT2D eigenvalue weighted by Crippen LogP contribution is 2.29. The third kappa shape index (κ3) is 4.51. The van der Waals surface area contributed by atoms with E-state index in [9.17, 15) is 5.11 Å². The highest BCUT2D eigenvalue weighted by atomic mass is 32.2. The smallest absolute Gasteiger partial charge is 0.191 e. The Kier molecular flexibility index (Phi) is 6.40. The highest BCUT2D eigenvalue weighted by molar-refractivity contribution is 8.23. The predicted octanol–water partition coefficient (Wildman–Crippen LogP) is 3.14. The zero-order chi connectivity index (χ0) is 21.3. The van der Waals surface area contributed by atoms with E-state index in [4.69, 9.17) is 12.2 Å². The van der Waals surface area contributed by atoms with Gasteiger partial charge in [0, 0.05) is 5.70 Å². The van der Waals surface area contributed by atoms with E-state index >= 15 is 0 Å². The number of rotatable bonds is 7. The van der Waals surface area contributed by atoms with E-state index in [2.05, 4.69) is 15.5 Å². The number of thiocarbonyl (C=S) groups is 1. The molecule has 7 nitrogen and oxygen atoms in total. The molecular weight excluding hydrogens is 404 g/mol. The summed E-state index contributed by atoms with van der Waals surface area (Å²) in [4.78, 5) is 3.43. The van der Waals surface area contributed by atoms with Crippen LogP contribution in [-0.2, 0) is 0 Å². The first-order valence-electron chi connectivity index (χ1n) is 9.78. The number of thioether (sulfide) groups is 1. The summed E-state index contributed by atoms with van der Waals surface area (Å²) in [6.45, 7) is 9.89. The summed E-state index contributed by atoms with van der Waals surface area (Å²) in [7, 11) is 0. The van der Waals surface area contributed by atoms with Crippen molar-refractivity contribution >= 4 is 28.2 Å². The number of hydrogen-bond acceptors (Lipinski definition) is 7. The Morgan fingerprint density at radius 2 is 1.72 bits per heavy atom. The van der Waals surface area contributed by atoms with Gasteiger partial charge in [0.25, 0.3) is 0 Å². The third-order valence-corrected chi connectivity index (χ3v) is 6.41. The lowest BCUT2D eigenvalue weighted by molar-refractivity contribution is 0.0123. The molecule has 0 fully saturated rings. The number of hydrogen-bond donors (Lipinski definition) is 2. The molecule has 158 valence electrons. The molecule has 0 saturated carbocycles. The van der Waals surface area contributed by atoms with Gasteiger partial charge in [-0.1, -0.05) is 12.2 Å². The zero-order valence-corrected chi connectivity index (χ0v) is 19.6. The van der Waals surface area contributed by atoms with Gasteiger partial charge >= 0.3 is 0 Å². The molecule has 0 aromatic carbocycles. The van der Waals surface area contributed by atoms with E-state index in [1.165, 1.54) is 5.57 Å².